The van der Waals surface area contributed by atoms with Crippen LogP contribution in [0.2, 0.25) is 0 Å². The largest absolute Gasteiger partial charge is 0.492 e. The monoisotopic (exact) mass is 559 g/mol. The van der Waals surface area contributed by atoms with E-state index in [9.17, 15) is 21.6 Å². The third-order valence-corrected chi connectivity index (χ3v) is 9.29. The summed E-state index contributed by atoms with van der Waals surface area (Å²) in [6.45, 7) is 3.33. The topological polar surface area (TPSA) is 131 Å². The Morgan fingerprint density at radius 1 is 0.947 bits per heavy atom. The lowest BCUT2D eigenvalue weighted by Crippen LogP contribution is -2.40. The maximum absolute atomic E-state index is 12.9. The zero-order valence-corrected chi connectivity index (χ0v) is 22.4. The van der Waals surface area contributed by atoms with Crippen LogP contribution in [0.3, 0.4) is 0 Å². The number of para-hydroxylation sites is 1. The van der Waals surface area contributed by atoms with Crippen LogP contribution in [0.15, 0.2) is 82.6 Å². The molecule has 1 heterocycles. The third-order valence-electron chi connectivity index (χ3n) is 5.85. The van der Waals surface area contributed by atoms with Crippen molar-refractivity contribution in [3.63, 3.8) is 0 Å². The van der Waals surface area contributed by atoms with E-state index in [1.165, 1.54) is 22.5 Å². The van der Waals surface area contributed by atoms with Crippen LogP contribution in [0.4, 0.5) is 5.69 Å². The molecular weight excluding hydrogens is 530 g/mol. The molecule has 12 heteroatoms. The van der Waals surface area contributed by atoms with Crippen LogP contribution in [0.5, 0.6) is 5.75 Å². The Hall–Kier alpha value is -3.45. The molecule has 3 aromatic carbocycles. The molecule has 2 N–H and O–H groups in total. The van der Waals surface area contributed by atoms with Crippen molar-refractivity contribution in [1.29, 1.82) is 0 Å². The Labute approximate surface area is 222 Å². The Morgan fingerprint density at radius 3 is 2.32 bits per heavy atom. The van der Waals surface area contributed by atoms with Gasteiger partial charge in [-0.3, -0.25) is 9.52 Å². The van der Waals surface area contributed by atoms with Crippen molar-refractivity contribution in [2.45, 2.75) is 16.7 Å². The van der Waals surface area contributed by atoms with Crippen molar-refractivity contribution in [3.8, 4) is 5.75 Å². The normalized spacial score (nSPS) is 14.6. The summed E-state index contributed by atoms with van der Waals surface area (Å²) in [6, 6.07) is 19.1. The van der Waals surface area contributed by atoms with E-state index in [1.54, 1.807) is 61.5 Å². The molecule has 202 valence electrons. The fourth-order valence-corrected chi connectivity index (χ4v) is 6.56. The molecule has 0 saturated carbocycles. The van der Waals surface area contributed by atoms with Crippen LogP contribution in [0.25, 0.3) is 0 Å². The third kappa shape index (κ3) is 6.70. The molecule has 1 aliphatic rings. The van der Waals surface area contributed by atoms with Gasteiger partial charge in [-0.1, -0.05) is 24.3 Å². The summed E-state index contributed by atoms with van der Waals surface area (Å²) in [5, 5.41) is 2.70. The second-order valence-corrected chi connectivity index (χ2v) is 12.1. The number of morpholine rings is 1. The Kier molecular flexibility index (Phi) is 8.67. The van der Waals surface area contributed by atoms with Gasteiger partial charge in [-0.15, -0.1) is 0 Å². The second kappa shape index (κ2) is 11.9. The highest BCUT2D eigenvalue weighted by Crippen LogP contribution is 2.22. The molecule has 38 heavy (non-hydrogen) atoms. The summed E-state index contributed by atoms with van der Waals surface area (Å²) in [4.78, 5) is 12.8. The molecule has 0 atom stereocenters. The SMILES string of the molecule is Cc1ccc(C(=O)NCCOc2ccc(S(=O)(=O)N3CCOCC3)cc2)cc1S(=O)(=O)Nc1ccccc1. The lowest BCUT2D eigenvalue weighted by atomic mass is 10.1. The molecule has 0 bridgehead atoms. The number of aryl methyl sites for hydroxylation is 1. The van der Waals surface area contributed by atoms with Crippen LogP contribution >= 0.6 is 0 Å². The zero-order chi connectivity index (χ0) is 27.2. The fraction of sp³-hybridized carbons (Fsp3) is 0.269. The van der Waals surface area contributed by atoms with Crippen molar-refractivity contribution in [3.05, 3.63) is 83.9 Å². The molecule has 4 rings (SSSR count). The number of anilines is 1. The maximum Gasteiger partial charge on any atom is 0.262 e. The Bertz CT molecular complexity index is 1470. The Morgan fingerprint density at radius 2 is 1.63 bits per heavy atom. The van der Waals surface area contributed by atoms with Gasteiger partial charge < -0.3 is 14.8 Å². The number of nitrogens with one attached hydrogen (secondary N) is 2. The number of ether oxygens (including phenoxy) is 2. The van der Waals surface area contributed by atoms with Gasteiger partial charge in [0.15, 0.2) is 0 Å². The molecule has 0 unspecified atom stereocenters. The number of carbonyl (C=O) groups is 1. The number of amides is 1. The average molecular weight is 560 g/mol. The Balaban J connectivity index is 1.31. The summed E-state index contributed by atoms with van der Waals surface area (Å²) in [7, 11) is -7.48. The first-order valence-electron chi connectivity index (χ1n) is 11.9. The summed E-state index contributed by atoms with van der Waals surface area (Å²) in [5.41, 5.74) is 1.12. The van der Waals surface area contributed by atoms with Gasteiger partial charge in [0.25, 0.3) is 15.9 Å². The average Bonchev–Trinajstić information content (AvgIpc) is 2.92. The second-order valence-electron chi connectivity index (χ2n) is 8.54. The highest BCUT2D eigenvalue weighted by atomic mass is 32.2. The van der Waals surface area contributed by atoms with E-state index < -0.39 is 26.0 Å². The quantitative estimate of drug-likeness (QED) is 0.365. The van der Waals surface area contributed by atoms with E-state index in [0.29, 0.717) is 43.3 Å². The van der Waals surface area contributed by atoms with Crippen molar-refractivity contribution in [2.24, 2.45) is 0 Å². The van der Waals surface area contributed by atoms with Crippen molar-refractivity contribution in [2.75, 3.05) is 44.2 Å². The van der Waals surface area contributed by atoms with Gasteiger partial charge >= 0.3 is 0 Å². The van der Waals surface area contributed by atoms with Crippen LogP contribution in [0, 0.1) is 6.92 Å². The molecule has 1 fully saturated rings. The van der Waals surface area contributed by atoms with Gasteiger partial charge in [-0.25, -0.2) is 16.8 Å². The molecule has 1 amide bonds. The van der Waals surface area contributed by atoms with E-state index in [2.05, 4.69) is 10.0 Å². The molecule has 0 aromatic heterocycles. The first-order valence-corrected chi connectivity index (χ1v) is 14.9. The van der Waals surface area contributed by atoms with Crippen molar-refractivity contribution >= 4 is 31.6 Å². The summed E-state index contributed by atoms with van der Waals surface area (Å²) < 4.78 is 65.9. The standard InChI is InChI=1S/C26H29N3O7S2/c1-20-7-8-21(19-25(20)37(31,32)28-22-5-3-2-4-6-22)26(30)27-13-16-36-23-9-11-24(12-10-23)38(33,34)29-14-17-35-18-15-29/h2-12,19,28H,13-18H2,1H3,(H,27,30). The van der Waals surface area contributed by atoms with Gasteiger partial charge in [0, 0.05) is 24.3 Å². The molecule has 1 aliphatic heterocycles. The summed E-state index contributed by atoms with van der Waals surface area (Å²) in [6.07, 6.45) is 0. The molecule has 0 spiro atoms. The summed E-state index contributed by atoms with van der Waals surface area (Å²) in [5.74, 6) is 0.00703. The van der Waals surface area contributed by atoms with Crippen LogP contribution in [-0.4, -0.2) is 66.5 Å². The lowest BCUT2D eigenvalue weighted by Gasteiger charge is -2.26. The van der Waals surface area contributed by atoms with Crippen LogP contribution < -0.4 is 14.8 Å². The molecule has 0 aliphatic carbocycles. The van der Waals surface area contributed by atoms with E-state index in [4.69, 9.17) is 9.47 Å². The number of carbonyl (C=O) groups excluding carboxylic acids is 1. The number of sulfonamides is 2. The number of rotatable bonds is 10. The predicted octanol–water partition coefficient (Wildman–Crippen LogP) is 2.63. The fourth-order valence-electron chi connectivity index (χ4n) is 3.83. The highest BCUT2D eigenvalue weighted by Gasteiger charge is 2.26. The van der Waals surface area contributed by atoms with Crippen molar-refractivity contribution in [1.82, 2.24) is 9.62 Å². The molecule has 10 nitrogen and oxygen atoms in total. The molecular formula is C26H29N3O7S2. The van der Waals surface area contributed by atoms with Gasteiger partial charge in [0.05, 0.1) is 29.5 Å². The molecule has 1 saturated heterocycles. The first-order chi connectivity index (χ1) is 18.2. The van der Waals surface area contributed by atoms with Gasteiger partial charge in [-0.2, -0.15) is 4.31 Å². The molecule has 0 radical (unpaired) electrons. The highest BCUT2D eigenvalue weighted by molar-refractivity contribution is 7.92. The minimum Gasteiger partial charge on any atom is -0.492 e. The smallest absolute Gasteiger partial charge is 0.262 e. The molecule has 3 aromatic rings. The van der Waals surface area contributed by atoms with Crippen LogP contribution in [-0.2, 0) is 24.8 Å². The van der Waals surface area contributed by atoms with Gasteiger partial charge in [0.1, 0.15) is 12.4 Å². The summed E-state index contributed by atoms with van der Waals surface area (Å²) >= 11 is 0. The predicted molar refractivity (Wildman–Crippen MR) is 142 cm³/mol. The lowest BCUT2D eigenvalue weighted by molar-refractivity contribution is 0.0730. The number of hydrogen-bond donors (Lipinski definition) is 2. The van der Waals surface area contributed by atoms with E-state index in [1.807, 2.05) is 0 Å². The van der Waals surface area contributed by atoms with E-state index in [-0.39, 0.29) is 28.5 Å². The van der Waals surface area contributed by atoms with E-state index >= 15 is 0 Å². The number of nitrogens with zero attached hydrogens (tertiary/aromatic N) is 1. The number of hydrogen-bond acceptors (Lipinski definition) is 7. The first kappa shape index (κ1) is 27.6. The van der Waals surface area contributed by atoms with Crippen molar-refractivity contribution < 1.29 is 31.1 Å². The van der Waals surface area contributed by atoms with Gasteiger partial charge in [0.2, 0.25) is 10.0 Å². The van der Waals surface area contributed by atoms with Gasteiger partial charge in [-0.05, 0) is 61.0 Å². The zero-order valence-electron chi connectivity index (χ0n) is 20.8. The maximum atomic E-state index is 12.9. The van der Waals surface area contributed by atoms with Crippen LogP contribution in [0.1, 0.15) is 15.9 Å². The van der Waals surface area contributed by atoms with E-state index in [0.717, 1.165) is 0 Å². The number of benzene rings is 3. The minimum atomic E-state index is -3.89. The minimum absolute atomic E-state index is 0.0115.